The van der Waals surface area contributed by atoms with E-state index in [2.05, 4.69) is 0 Å². The summed E-state index contributed by atoms with van der Waals surface area (Å²) in [5.74, 6) is 0. The number of hydrogen-bond acceptors (Lipinski definition) is 2. The molecule has 76 valence electrons. The summed E-state index contributed by atoms with van der Waals surface area (Å²) in [4.78, 5) is -0.455. The molecule has 0 aliphatic heterocycles. The van der Waals surface area contributed by atoms with E-state index in [4.69, 9.17) is 39.4 Å². The fourth-order valence-corrected chi connectivity index (χ4v) is 2.18. The SMILES string of the molecule is O=S(=O)(O)c1cc(Cl)c(Cl)cc1Cl.[SrH2]. The molecule has 8 heteroatoms. The van der Waals surface area contributed by atoms with Gasteiger partial charge >= 0.3 is 45.5 Å². The van der Waals surface area contributed by atoms with Crippen molar-refractivity contribution in [1.82, 2.24) is 0 Å². The first kappa shape index (κ1) is 15.5. The van der Waals surface area contributed by atoms with Gasteiger partial charge in [-0.05, 0) is 12.1 Å². The molecular weight excluding hydrogens is 346 g/mol. The van der Waals surface area contributed by atoms with Gasteiger partial charge in [0.15, 0.2) is 0 Å². The second-order valence-corrected chi connectivity index (χ2v) is 4.78. The van der Waals surface area contributed by atoms with Crippen LogP contribution in [0.3, 0.4) is 0 Å². The predicted molar refractivity (Wildman–Crippen MR) is 59.8 cm³/mol. The van der Waals surface area contributed by atoms with Crippen LogP contribution in [0.4, 0.5) is 0 Å². The van der Waals surface area contributed by atoms with Crippen molar-refractivity contribution < 1.29 is 13.0 Å². The van der Waals surface area contributed by atoms with E-state index in [0.29, 0.717) is 0 Å². The van der Waals surface area contributed by atoms with Crippen LogP contribution in [0.15, 0.2) is 17.0 Å². The van der Waals surface area contributed by atoms with Crippen molar-refractivity contribution in [3.63, 3.8) is 0 Å². The van der Waals surface area contributed by atoms with Crippen molar-refractivity contribution >= 4 is 90.4 Å². The molecular formula is C6H5Cl3O3SSr. The second kappa shape index (κ2) is 5.70. The van der Waals surface area contributed by atoms with Gasteiger partial charge in [-0.3, -0.25) is 4.55 Å². The van der Waals surface area contributed by atoms with Crippen LogP contribution >= 0.6 is 34.8 Å². The van der Waals surface area contributed by atoms with Crippen LogP contribution in [0.25, 0.3) is 0 Å². The number of halogens is 3. The fourth-order valence-electron chi connectivity index (χ4n) is 0.702. The fraction of sp³-hybridized carbons (Fsp3) is 0. The van der Waals surface area contributed by atoms with Gasteiger partial charge in [0, 0.05) is 0 Å². The van der Waals surface area contributed by atoms with Gasteiger partial charge < -0.3 is 0 Å². The first-order chi connectivity index (χ1) is 5.82. The van der Waals surface area contributed by atoms with Gasteiger partial charge in [0.05, 0.1) is 15.1 Å². The Bertz CT molecular complexity index is 446. The zero-order valence-electron chi connectivity index (χ0n) is 5.96. The summed E-state index contributed by atoms with van der Waals surface area (Å²) in [6.45, 7) is 0. The molecule has 3 nitrogen and oxygen atoms in total. The minimum absolute atomic E-state index is 0. The van der Waals surface area contributed by atoms with Gasteiger partial charge in [0.1, 0.15) is 4.90 Å². The number of hydrogen-bond donors (Lipinski definition) is 1. The van der Waals surface area contributed by atoms with Crippen LogP contribution < -0.4 is 0 Å². The zero-order chi connectivity index (χ0) is 10.2. The quantitative estimate of drug-likeness (QED) is 0.478. The van der Waals surface area contributed by atoms with Gasteiger partial charge in [-0.15, -0.1) is 0 Å². The molecule has 0 aliphatic carbocycles. The Labute approximate surface area is 133 Å². The summed E-state index contributed by atoms with van der Waals surface area (Å²) in [6.07, 6.45) is 0. The summed E-state index contributed by atoms with van der Waals surface area (Å²) in [5.41, 5.74) is 0. The number of rotatable bonds is 1. The van der Waals surface area contributed by atoms with Crippen LogP contribution in [0.5, 0.6) is 0 Å². The van der Waals surface area contributed by atoms with Crippen molar-refractivity contribution in [2.45, 2.75) is 4.90 Å². The van der Waals surface area contributed by atoms with Crippen LogP contribution in [-0.2, 0) is 10.1 Å². The van der Waals surface area contributed by atoms with Gasteiger partial charge in [0.25, 0.3) is 10.1 Å². The van der Waals surface area contributed by atoms with Gasteiger partial charge in [-0.25, -0.2) is 0 Å². The molecule has 0 amide bonds. The molecule has 1 aromatic carbocycles. The Balaban J connectivity index is 0.00000169. The van der Waals surface area contributed by atoms with Crippen LogP contribution in [0.1, 0.15) is 0 Å². The molecule has 0 saturated heterocycles. The molecule has 0 bridgehead atoms. The van der Waals surface area contributed by atoms with E-state index >= 15 is 0 Å². The van der Waals surface area contributed by atoms with Crippen LogP contribution in [0, 0.1) is 0 Å². The van der Waals surface area contributed by atoms with Gasteiger partial charge in [0.2, 0.25) is 0 Å². The molecule has 0 aromatic heterocycles. The van der Waals surface area contributed by atoms with Crippen molar-refractivity contribution in [1.29, 1.82) is 0 Å². The Morgan fingerprint density at radius 3 is 1.86 bits per heavy atom. The first-order valence-electron chi connectivity index (χ1n) is 2.94. The average Bonchev–Trinajstić information content (AvgIpc) is 1.94. The Kier molecular flexibility index (Phi) is 6.31. The molecule has 1 rings (SSSR count). The topological polar surface area (TPSA) is 54.4 Å². The van der Waals surface area contributed by atoms with Crippen molar-refractivity contribution in [3.8, 4) is 0 Å². The van der Waals surface area contributed by atoms with Gasteiger partial charge in [-0.1, -0.05) is 34.8 Å². The monoisotopic (exact) mass is 350 g/mol. The Morgan fingerprint density at radius 2 is 1.43 bits per heavy atom. The molecule has 0 fully saturated rings. The molecule has 0 radical (unpaired) electrons. The maximum absolute atomic E-state index is 10.7. The van der Waals surface area contributed by atoms with Crippen LogP contribution in [0.2, 0.25) is 15.1 Å². The Morgan fingerprint density at radius 1 is 1.00 bits per heavy atom. The van der Waals surface area contributed by atoms with Crippen molar-refractivity contribution in [2.24, 2.45) is 0 Å². The van der Waals surface area contributed by atoms with Gasteiger partial charge in [-0.2, -0.15) is 8.42 Å². The standard InChI is InChI=1S/C6H3Cl3O3S.Sr.2H/c7-3-1-5(9)6(2-4(3)8)13(10,11)12;;;/h1-2H,(H,10,11,12);;;. The van der Waals surface area contributed by atoms with E-state index < -0.39 is 15.0 Å². The minimum atomic E-state index is -4.35. The molecule has 1 N–H and O–H groups in total. The summed E-state index contributed by atoms with van der Waals surface area (Å²) >= 11 is 16.6. The van der Waals surface area contributed by atoms with E-state index in [1.165, 1.54) is 0 Å². The third kappa shape index (κ3) is 3.81. The van der Waals surface area contributed by atoms with E-state index in [1.807, 2.05) is 0 Å². The maximum atomic E-state index is 10.7. The molecule has 0 saturated carbocycles. The predicted octanol–water partition coefficient (Wildman–Crippen LogP) is 1.98. The van der Waals surface area contributed by atoms with E-state index in [0.717, 1.165) is 12.1 Å². The molecule has 0 atom stereocenters. The third-order valence-corrected chi connectivity index (χ3v) is 3.29. The zero-order valence-corrected chi connectivity index (χ0v) is 9.04. The average molecular weight is 351 g/mol. The Hall–Kier alpha value is 1.48. The molecule has 0 unspecified atom stereocenters. The molecule has 1 aromatic rings. The first-order valence-corrected chi connectivity index (χ1v) is 5.52. The van der Waals surface area contributed by atoms with E-state index in [1.54, 1.807) is 0 Å². The number of benzene rings is 1. The molecule has 0 spiro atoms. The molecule has 0 aliphatic rings. The van der Waals surface area contributed by atoms with Crippen molar-refractivity contribution in [3.05, 3.63) is 27.2 Å². The third-order valence-electron chi connectivity index (χ3n) is 1.25. The summed E-state index contributed by atoms with van der Waals surface area (Å²) in [7, 11) is -4.35. The van der Waals surface area contributed by atoms with Crippen molar-refractivity contribution in [2.75, 3.05) is 0 Å². The molecule has 14 heavy (non-hydrogen) atoms. The summed E-state index contributed by atoms with van der Waals surface area (Å²) in [5, 5.41) is -0.0327. The van der Waals surface area contributed by atoms with Crippen LogP contribution in [-0.4, -0.2) is 58.5 Å². The van der Waals surface area contributed by atoms with E-state index in [-0.39, 0.29) is 60.5 Å². The normalized spacial score (nSPS) is 10.9. The molecule has 0 heterocycles. The second-order valence-electron chi connectivity index (χ2n) is 2.17. The summed E-state index contributed by atoms with van der Waals surface area (Å²) < 4.78 is 30.0. The van der Waals surface area contributed by atoms with E-state index in [9.17, 15) is 8.42 Å². The summed E-state index contributed by atoms with van der Waals surface area (Å²) in [6, 6.07) is 2.14.